The molecule has 1 amide bonds. The van der Waals surface area contributed by atoms with E-state index in [0.29, 0.717) is 11.5 Å². The Labute approximate surface area is 176 Å². The quantitative estimate of drug-likeness (QED) is 0.704. The van der Waals surface area contributed by atoms with Gasteiger partial charge in [0.1, 0.15) is 0 Å². The van der Waals surface area contributed by atoms with E-state index in [1.54, 1.807) is 12.4 Å². The zero-order valence-electron chi connectivity index (χ0n) is 17.1. The van der Waals surface area contributed by atoms with Crippen molar-refractivity contribution in [3.05, 3.63) is 72.1 Å². The average Bonchev–Trinajstić information content (AvgIpc) is 3.42. The van der Waals surface area contributed by atoms with Crippen LogP contribution in [0, 0.1) is 0 Å². The van der Waals surface area contributed by atoms with Crippen molar-refractivity contribution in [3.8, 4) is 0 Å². The highest BCUT2D eigenvalue weighted by Crippen LogP contribution is 2.33. The van der Waals surface area contributed by atoms with E-state index in [2.05, 4.69) is 45.3 Å². The molecule has 1 saturated heterocycles. The Hall–Kier alpha value is -3.41. The molecule has 2 aliphatic heterocycles. The van der Waals surface area contributed by atoms with Crippen molar-refractivity contribution < 1.29 is 4.79 Å². The summed E-state index contributed by atoms with van der Waals surface area (Å²) in [5.41, 5.74) is 4.86. The third-order valence-corrected chi connectivity index (χ3v) is 5.92. The Balaban J connectivity index is 1.28. The number of fused-ring (bicyclic) bond motifs is 1. The van der Waals surface area contributed by atoms with E-state index in [-0.39, 0.29) is 11.9 Å². The SMILES string of the molecule is CC1Cc2ccccc2N1C(=O)c1cnc(Nc2ccc(N3CCCC3)cc2)nc1. The minimum Gasteiger partial charge on any atom is -0.372 e. The second kappa shape index (κ2) is 7.78. The van der Waals surface area contributed by atoms with Crippen LogP contribution in [-0.4, -0.2) is 35.0 Å². The van der Waals surface area contributed by atoms with Gasteiger partial charge in [0.15, 0.2) is 0 Å². The topological polar surface area (TPSA) is 61.4 Å². The number of carbonyl (C=O) groups is 1. The molecule has 2 aromatic carbocycles. The molecule has 152 valence electrons. The Morgan fingerprint density at radius 1 is 1.00 bits per heavy atom. The Morgan fingerprint density at radius 2 is 1.70 bits per heavy atom. The molecule has 30 heavy (non-hydrogen) atoms. The summed E-state index contributed by atoms with van der Waals surface area (Å²) in [6.45, 7) is 4.33. The lowest BCUT2D eigenvalue weighted by atomic mass is 10.1. The summed E-state index contributed by atoms with van der Waals surface area (Å²) in [5.74, 6) is 0.421. The molecule has 0 radical (unpaired) electrons. The van der Waals surface area contributed by atoms with Crippen LogP contribution in [0.4, 0.5) is 23.0 Å². The highest BCUT2D eigenvalue weighted by atomic mass is 16.2. The molecule has 1 fully saturated rings. The molecular formula is C24H25N5O. The normalized spacial score (nSPS) is 17.8. The molecule has 0 bridgehead atoms. The second-order valence-corrected chi connectivity index (χ2v) is 8.02. The van der Waals surface area contributed by atoms with Crippen LogP contribution in [-0.2, 0) is 6.42 Å². The van der Waals surface area contributed by atoms with Crippen molar-refractivity contribution >= 4 is 28.9 Å². The third kappa shape index (κ3) is 3.49. The number of para-hydroxylation sites is 1. The Morgan fingerprint density at radius 3 is 2.43 bits per heavy atom. The second-order valence-electron chi connectivity index (χ2n) is 8.02. The standard InChI is InChI=1S/C24H25N5O/c1-17-14-18-6-2-3-7-22(18)29(17)23(30)19-15-25-24(26-16-19)27-20-8-10-21(11-9-20)28-12-4-5-13-28/h2-3,6-11,15-17H,4-5,12-14H2,1H3,(H,25,26,27). The van der Waals surface area contributed by atoms with Crippen LogP contribution in [0.3, 0.4) is 0 Å². The maximum Gasteiger partial charge on any atom is 0.261 e. The summed E-state index contributed by atoms with van der Waals surface area (Å²) in [7, 11) is 0. The molecule has 0 aliphatic carbocycles. The van der Waals surface area contributed by atoms with Gasteiger partial charge in [-0.25, -0.2) is 9.97 Å². The van der Waals surface area contributed by atoms with E-state index in [9.17, 15) is 4.79 Å². The van der Waals surface area contributed by atoms with E-state index in [1.807, 2.05) is 35.2 Å². The van der Waals surface area contributed by atoms with Gasteiger partial charge in [-0.1, -0.05) is 18.2 Å². The van der Waals surface area contributed by atoms with Gasteiger partial charge in [0.25, 0.3) is 5.91 Å². The molecule has 0 saturated carbocycles. The number of nitrogens with zero attached hydrogens (tertiary/aromatic N) is 4. The van der Waals surface area contributed by atoms with Gasteiger partial charge in [-0.05, 0) is 62.1 Å². The molecule has 6 heteroatoms. The summed E-state index contributed by atoms with van der Waals surface area (Å²) in [6, 6.07) is 16.5. The van der Waals surface area contributed by atoms with Gasteiger partial charge in [-0.15, -0.1) is 0 Å². The molecule has 1 aromatic heterocycles. The number of carbonyl (C=O) groups excluding carboxylic acids is 1. The van der Waals surface area contributed by atoms with E-state index >= 15 is 0 Å². The molecule has 1 N–H and O–H groups in total. The fourth-order valence-corrected chi connectivity index (χ4v) is 4.38. The molecular weight excluding hydrogens is 374 g/mol. The van der Waals surface area contributed by atoms with Gasteiger partial charge in [-0.2, -0.15) is 0 Å². The molecule has 2 aliphatic rings. The number of amides is 1. The first-order valence-electron chi connectivity index (χ1n) is 10.5. The first kappa shape index (κ1) is 18.6. The van der Waals surface area contributed by atoms with Crippen molar-refractivity contribution in [1.82, 2.24) is 9.97 Å². The molecule has 6 nitrogen and oxygen atoms in total. The first-order chi connectivity index (χ1) is 14.7. The van der Waals surface area contributed by atoms with Gasteiger partial charge in [0.2, 0.25) is 5.95 Å². The zero-order chi connectivity index (χ0) is 20.5. The minimum absolute atomic E-state index is 0.0611. The first-order valence-corrected chi connectivity index (χ1v) is 10.5. The fraction of sp³-hybridized carbons (Fsp3) is 0.292. The van der Waals surface area contributed by atoms with Crippen molar-refractivity contribution in [2.45, 2.75) is 32.2 Å². The summed E-state index contributed by atoms with van der Waals surface area (Å²) >= 11 is 0. The number of rotatable bonds is 4. The summed E-state index contributed by atoms with van der Waals surface area (Å²) in [5, 5.41) is 3.22. The lowest BCUT2D eigenvalue weighted by Gasteiger charge is -2.22. The van der Waals surface area contributed by atoms with Gasteiger partial charge in [0, 0.05) is 48.6 Å². The molecule has 3 heterocycles. The van der Waals surface area contributed by atoms with Crippen molar-refractivity contribution in [2.75, 3.05) is 28.2 Å². The number of anilines is 4. The third-order valence-electron chi connectivity index (χ3n) is 5.92. The van der Waals surface area contributed by atoms with Gasteiger partial charge in [0.05, 0.1) is 5.56 Å². The molecule has 1 unspecified atom stereocenters. The molecule has 1 atom stereocenters. The smallest absolute Gasteiger partial charge is 0.261 e. The van der Waals surface area contributed by atoms with Crippen molar-refractivity contribution in [3.63, 3.8) is 0 Å². The number of benzene rings is 2. The van der Waals surface area contributed by atoms with Crippen LogP contribution in [0.15, 0.2) is 60.9 Å². The Kier molecular flexibility index (Phi) is 4.83. The van der Waals surface area contributed by atoms with Crippen LogP contribution in [0.25, 0.3) is 0 Å². The number of hydrogen-bond donors (Lipinski definition) is 1. The predicted molar refractivity (Wildman–Crippen MR) is 120 cm³/mol. The lowest BCUT2D eigenvalue weighted by Crippen LogP contribution is -2.35. The summed E-state index contributed by atoms with van der Waals surface area (Å²) in [4.78, 5) is 26.1. The van der Waals surface area contributed by atoms with Gasteiger partial charge < -0.3 is 15.1 Å². The van der Waals surface area contributed by atoms with E-state index in [4.69, 9.17) is 0 Å². The Bertz CT molecular complexity index is 1040. The number of nitrogens with one attached hydrogen (secondary N) is 1. The lowest BCUT2D eigenvalue weighted by molar-refractivity contribution is 0.0981. The van der Waals surface area contributed by atoms with Crippen LogP contribution >= 0.6 is 0 Å². The van der Waals surface area contributed by atoms with E-state index < -0.39 is 0 Å². The largest absolute Gasteiger partial charge is 0.372 e. The van der Waals surface area contributed by atoms with Crippen LogP contribution < -0.4 is 15.1 Å². The maximum atomic E-state index is 13.1. The number of aromatic nitrogens is 2. The van der Waals surface area contributed by atoms with Crippen LogP contribution in [0.1, 0.15) is 35.7 Å². The van der Waals surface area contributed by atoms with Crippen molar-refractivity contribution in [2.24, 2.45) is 0 Å². The summed E-state index contributed by atoms with van der Waals surface area (Å²) < 4.78 is 0. The predicted octanol–water partition coefficient (Wildman–Crippen LogP) is 4.41. The molecule has 0 spiro atoms. The minimum atomic E-state index is -0.0611. The average molecular weight is 399 g/mol. The van der Waals surface area contributed by atoms with Crippen molar-refractivity contribution in [1.29, 1.82) is 0 Å². The van der Waals surface area contributed by atoms with E-state index in [1.165, 1.54) is 24.1 Å². The van der Waals surface area contributed by atoms with Gasteiger partial charge >= 0.3 is 0 Å². The number of hydrogen-bond acceptors (Lipinski definition) is 5. The van der Waals surface area contributed by atoms with Gasteiger partial charge in [-0.3, -0.25) is 4.79 Å². The molecule has 3 aromatic rings. The van der Waals surface area contributed by atoms with Crippen LogP contribution in [0.2, 0.25) is 0 Å². The fourth-order valence-electron chi connectivity index (χ4n) is 4.38. The van der Waals surface area contributed by atoms with E-state index in [0.717, 1.165) is 30.9 Å². The highest BCUT2D eigenvalue weighted by Gasteiger charge is 2.31. The zero-order valence-corrected chi connectivity index (χ0v) is 17.1. The maximum absolute atomic E-state index is 13.1. The van der Waals surface area contributed by atoms with Crippen LogP contribution in [0.5, 0.6) is 0 Å². The highest BCUT2D eigenvalue weighted by molar-refractivity contribution is 6.07. The molecule has 5 rings (SSSR count). The summed E-state index contributed by atoms with van der Waals surface area (Å²) in [6.07, 6.45) is 6.60. The monoisotopic (exact) mass is 399 g/mol.